The second kappa shape index (κ2) is 8.79. The smallest absolute Gasteiger partial charge is 0.151 e. The van der Waals surface area contributed by atoms with E-state index in [9.17, 15) is 9.50 Å². The van der Waals surface area contributed by atoms with Crippen molar-refractivity contribution >= 4 is 5.82 Å². The molecule has 1 aromatic carbocycles. The number of rotatable bonds is 3. The molecule has 30 heavy (non-hydrogen) atoms. The third-order valence-corrected chi connectivity index (χ3v) is 5.56. The third kappa shape index (κ3) is 4.43. The number of aromatic hydroxyl groups is 1. The van der Waals surface area contributed by atoms with Gasteiger partial charge in [-0.15, -0.1) is 10.2 Å². The highest BCUT2D eigenvalue weighted by molar-refractivity contribution is 5.69. The number of hydrogen-bond donors (Lipinski definition) is 2. The number of aryl methyl sites for hydroxylation is 1. The summed E-state index contributed by atoms with van der Waals surface area (Å²) < 4.78 is 16.1. The molecule has 1 saturated heterocycles. The molecular formula is C22H27FN6O. The van der Waals surface area contributed by atoms with E-state index in [4.69, 9.17) is 5.73 Å². The van der Waals surface area contributed by atoms with Gasteiger partial charge in [-0.2, -0.15) is 0 Å². The summed E-state index contributed by atoms with van der Waals surface area (Å²) in [5.74, 6) is 0.299. The Balaban J connectivity index is 0.000000383. The van der Waals surface area contributed by atoms with E-state index < -0.39 is 5.82 Å². The van der Waals surface area contributed by atoms with E-state index in [2.05, 4.69) is 20.1 Å². The predicted octanol–water partition coefficient (Wildman–Crippen LogP) is 3.58. The standard InChI is InChI=1S/C18H18FN5O.C4H9N/c1-12-10-24(11-20-12)16-9-17(25)13(8-14(16)19)15-4-5-18(22-21-15)23-6-2-3-7-23;5-4-2-1-3-4/h4-5,8-11,25H,2-3,6-7H2,1H3;4H,1-3,5H2. The SMILES string of the molecule is Cc1cn(-c2cc(O)c(-c3ccc(N4CCCC4)nn3)cc2F)cn1.NC1CCC1. The number of phenolic OH excluding ortho intramolecular Hbond substituents is 1. The summed E-state index contributed by atoms with van der Waals surface area (Å²) in [6.45, 7) is 3.78. The van der Waals surface area contributed by atoms with Gasteiger partial charge >= 0.3 is 0 Å². The fraction of sp³-hybridized carbons (Fsp3) is 0.409. The Morgan fingerprint density at radius 1 is 1.10 bits per heavy atom. The lowest BCUT2D eigenvalue weighted by atomic mass is 9.95. The first-order valence-electron chi connectivity index (χ1n) is 10.4. The van der Waals surface area contributed by atoms with Crippen LogP contribution in [0.15, 0.2) is 36.8 Å². The van der Waals surface area contributed by atoms with Crippen molar-refractivity contribution < 1.29 is 9.50 Å². The van der Waals surface area contributed by atoms with Crippen LogP contribution in [0.25, 0.3) is 16.9 Å². The molecule has 2 aromatic heterocycles. The molecule has 1 aliphatic carbocycles. The molecule has 1 saturated carbocycles. The molecule has 0 radical (unpaired) electrons. The maximum atomic E-state index is 14.5. The van der Waals surface area contributed by atoms with E-state index in [0.717, 1.165) is 37.4 Å². The van der Waals surface area contributed by atoms with Crippen molar-refractivity contribution in [3.8, 4) is 22.7 Å². The highest BCUT2D eigenvalue weighted by Gasteiger charge is 2.17. The number of aromatic nitrogens is 4. The van der Waals surface area contributed by atoms with Crippen LogP contribution in [0.4, 0.5) is 10.2 Å². The summed E-state index contributed by atoms with van der Waals surface area (Å²) in [5, 5.41) is 18.7. The van der Waals surface area contributed by atoms with Gasteiger partial charge in [-0.05, 0) is 50.8 Å². The van der Waals surface area contributed by atoms with Gasteiger partial charge in [0.25, 0.3) is 0 Å². The first kappa shape index (κ1) is 20.3. The summed E-state index contributed by atoms with van der Waals surface area (Å²) in [5.41, 5.74) is 7.14. The molecule has 0 bridgehead atoms. The number of nitrogens with two attached hydrogens (primary N) is 1. The summed E-state index contributed by atoms with van der Waals surface area (Å²) in [4.78, 5) is 6.25. The minimum absolute atomic E-state index is 0.0500. The van der Waals surface area contributed by atoms with Gasteiger partial charge in [0.15, 0.2) is 5.82 Å². The van der Waals surface area contributed by atoms with Crippen LogP contribution in [0.2, 0.25) is 0 Å². The number of phenols is 1. The monoisotopic (exact) mass is 410 g/mol. The second-order valence-corrected chi connectivity index (χ2v) is 7.91. The zero-order chi connectivity index (χ0) is 21.1. The van der Waals surface area contributed by atoms with Crippen LogP contribution in [0.3, 0.4) is 0 Å². The highest BCUT2D eigenvalue weighted by atomic mass is 19.1. The van der Waals surface area contributed by atoms with Gasteiger partial charge in [0, 0.05) is 37.0 Å². The van der Waals surface area contributed by atoms with Crippen molar-refractivity contribution in [1.82, 2.24) is 19.7 Å². The quantitative estimate of drug-likeness (QED) is 0.686. The largest absolute Gasteiger partial charge is 0.507 e. The number of imidazole rings is 1. The molecule has 8 heteroatoms. The predicted molar refractivity (Wildman–Crippen MR) is 114 cm³/mol. The Morgan fingerprint density at radius 3 is 2.37 bits per heavy atom. The average Bonchev–Trinajstić information content (AvgIpc) is 3.40. The van der Waals surface area contributed by atoms with Gasteiger partial charge in [0.1, 0.15) is 11.6 Å². The van der Waals surface area contributed by atoms with E-state index in [1.807, 2.05) is 13.0 Å². The van der Waals surface area contributed by atoms with Gasteiger partial charge in [-0.3, -0.25) is 0 Å². The van der Waals surface area contributed by atoms with Crippen LogP contribution in [-0.4, -0.2) is 44.0 Å². The molecule has 0 unspecified atom stereocenters. The zero-order valence-electron chi connectivity index (χ0n) is 17.1. The third-order valence-electron chi connectivity index (χ3n) is 5.56. The molecule has 0 atom stereocenters. The lowest BCUT2D eigenvalue weighted by Gasteiger charge is -2.18. The minimum Gasteiger partial charge on any atom is -0.507 e. The first-order valence-corrected chi connectivity index (χ1v) is 10.4. The summed E-state index contributed by atoms with van der Waals surface area (Å²) >= 11 is 0. The van der Waals surface area contributed by atoms with E-state index in [-0.39, 0.29) is 11.4 Å². The summed E-state index contributed by atoms with van der Waals surface area (Å²) in [6, 6.07) is 6.84. The van der Waals surface area contributed by atoms with Crippen LogP contribution in [-0.2, 0) is 0 Å². The number of hydrogen-bond acceptors (Lipinski definition) is 6. The lowest BCUT2D eigenvalue weighted by Crippen LogP contribution is -2.27. The fourth-order valence-electron chi connectivity index (χ4n) is 3.53. The van der Waals surface area contributed by atoms with Crippen LogP contribution in [0, 0.1) is 12.7 Å². The average molecular weight is 410 g/mol. The van der Waals surface area contributed by atoms with Crippen molar-refractivity contribution in [2.45, 2.75) is 45.1 Å². The van der Waals surface area contributed by atoms with Crippen molar-refractivity contribution in [3.05, 3.63) is 48.3 Å². The van der Waals surface area contributed by atoms with Crippen LogP contribution >= 0.6 is 0 Å². The molecule has 2 fully saturated rings. The zero-order valence-corrected chi connectivity index (χ0v) is 17.1. The van der Waals surface area contributed by atoms with E-state index in [1.165, 1.54) is 42.3 Å². The molecule has 1 aliphatic heterocycles. The Morgan fingerprint density at radius 2 is 1.83 bits per heavy atom. The number of nitrogens with zero attached hydrogens (tertiary/aromatic N) is 5. The normalized spacial score (nSPS) is 16.2. The van der Waals surface area contributed by atoms with Crippen LogP contribution in [0.5, 0.6) is 5.75 Å². The highest BCUT2D eigenvalue weighted by Crippen LogP contribution is 2.32. The van der Waals surface area contributed by atoms with Gasteiger partial charge in [0.2, 0.25) is 0 Å². The molecule has 5 rings (SSSR count). The van der Waals surface area contributed by atoms with Gasteiger partial charge in [-0.25, -0.2) is 9.37 Å². The number of anilines is 1. The molecule has 7 nitrogen and oxygen atoms in total. The number of halogens is 1. The molecule has 158 valence electrons. The maximum Gasteiger partial charge on any atom is 0.151 e. The van der Waals surface area contributed by atoms with Crippen molar-refractivity contribution in [2.75, 3.05) is 18.0 Å². The molecular weight excluding hydrogens is 383 g/mol. The molecule has 3 heterocycles. The van der Waals surface area contributed by atoms with Crippen molar-refractivity contribution in [1.29, 1.82) is 0 Å². The van der Waals surface area contributed by atoms with Crippen molar-refractivity contribution in [3.63, 3.8) is 0 Å². The van der Waals surface area contributed by atoms with Gasteiger partial charge < -0.3 is 20.3 Å². The Hall–Kier alpha value is -3.00. The van der Waals surface area contributed by atoms with Crippen LogP contribution in [0.1, 0.15) is 37.8 Å². The molecule has 3 N–H and O–H groups in total. The van der Waals surface area contributed by atoms with E-state index in [1.54, 1.807) is 12.3 Å². The Kier molecular flexibility index (Phi) is 5.94. The molecule has 0 amide bonds. The first-order chi connectivity index (χ1) is 14.5. The summed E-state index contributed by atoms with van der Waals surface area (Å²) in [7, 11) is 0. The minimum atomic E-state index is -0.462. The summed E-state index contributed by atoms with van der Waals surface area (Å²) in [6.07, 6.45) is 9.41. The van der Waals surface area contributed by atoms with Crippen molar-refractivity contribution in [2.24, 2.45) is 5.73 Å². The van der Waals surface area contributed by atoms with E-state index >= 15 is 0 Å². The topological polar surface area (TPSA) is 93.1 Å². The van der Waals surface area contributed by atoms with Gasteiger partial charge in [0.05, 0.1) is 23.4 Å². The molecule has 3 aromatic rings. The maximum absolute atomic E-state index is 14.5. The molecule has 0 spiro atoms. The second-order valence-electron chi connectivity index (χ2n) is 7.91. The van der Waals surface area contributed by atoms with Gasteiger partial charge in [-0.1, -0.05) is 6.42 Å². The van der Waals surface area contributed by atoms with E-state index in [0.29, 0.717) is 17.3 Å². The number of benzene rings is 1. The molecule has 2 aliphatic rings. The Bertz CT molecular complexity index is 993. The lowest BCUT2D eigenvalue weighted by molar-refractivity contribution is 0.418. The fourth-order valence-corrected chi connectivity index (χ4v) is 3.53. The Labute approximate surface area is 175 Å². The van der Waals surface area contributed by atoms with Crippen LogP contribution < -0.4 is 10.6 Å².